The van der Waals surface area contributed by atoms with Gasteiger partial charge < -0.3 is 4.90 Å². The highest BCUT2D eigenvalue weighted by Crippen LogP contribution is 2.40. The molecule has 2 saturated heterocycles. The lowest BCUT2D eigenvalue weighted by molar-refractivity contribution is -0.130. The largest absolute Gasteiger partial charge is 0.332 e. The van der Waals surface area contributed by atoms with Crippen molar-refractivity contribution in [3.63, 3.8) is 0 Å². The fourth-order valence-electron chi connectivity index (χ4n) is 3.02. The standard InChI is InChI=1S/C14H13Cl2NO2/c15-8-4-3-5-9(16)11(8)12-13(18)10-6-1-2-7-17(10)14(12)19/h3-5,10,12H,1-2,6-7H2. The molecule has 2 fully saturated rings. The van der Waals surface area contributed by atoms with E-state index < -0.39 is 5.92 Å². The van der Waals surface area contributed by atoms with E-state index in [0.717, 1.165) is 19.3 Å². The van der Waals surface area contributed by atoms with Gasteiger partial charge in [-0.15, -0.1) is 0 Å². The molecular weight excluding hydrogens is 285 g/mol. The highest BCUT2D eigenvalue weighted by atomic mass is 35.5. The number of benzene rings is 1. The van der Waals surface area contributed by atoms with E-state index in [1.54, 1.807) is 23.1 Å². The molecule has 19 heavy (non-hydrogen) atoms. The molecule has 2 aliphatic rings. The quantitative estimate of drug-likeness (QED) is 0.747. The summed E-state index contributed by atoms with van der Waals surface area (Å²) >= 11 is 12.3. The molecular formula is C14H13Cl2NO2. The number of nitrogens with zero attached hydrogens (tertiary/aromatic N) is 1. The molecule has 0 saturated carbocycles. The Kier molecular flexibility index (Phi) is 3.27. The highest BCUT2D eigenvalue weighted by molar-refractivity contribution is 6.37. The predicted molar refractivity (Wildman–Crippen MR) is 73.6 cm³/mol. The van der Waals surface area contributed by atoms with Crippen molar-refractivity contribution < 1.29 is 9.59 Å². The first-order chi connectivity index (χ1) is 9.11. The van der Waals surface area contributed by atoms with E-state index in [1.165, 1.54) is 0 Å². The molecule has 0 spiro atoms. The number of amides is 1. The average molecular weight is 298 g/mol. The van der Waals surface area contributed by atoms with Crippen molar-refractivity contribution >= 4 is 34.9 Å². The second-order valence-electron chi connectivity index (χ2n) is 5.01. The first kappa shape index (κ1) is 12.9. The van der Waals surface area contributed by atoms with Gasteiger partial charge in [-0.25, -0.2) is 0 Å². The minimum Gasteiger partial charge on any atom is -0.332 e. The van der Waals surface area contributed by atoms with Gasteiger partial charge in [-0.05, 0) is 31.4 Å². The number of Topliss-reactive ketones (excluding diaryl/α,β-unsaturated/α-hetero) is 1. The second-order valence-corrected chi connectivity index (χ2v) is 5.83. The van der Waals surface area contributed by atoms with Crippen LogP contribution < -0.4 is 0 Å². The summed E-state index contributed by atoms with van der Waals surface area (Å²) in [6, 6.07) is 4.77. The number of halogens is 2. The molecule has 2 unspecified atom stereocenters. The Morgan fingerprint density at radius 2 is 1.79 bits per heavy atom. The van der Waals surface area contributed by atoms with E-state index in [4.69, 9.17) is 23.2 Å². The van der Waals surface area contributed by atoms with Crippen molar-refractivity contribution in [2.75, 3.05) is 6.54 Å². The Morgan fingerprint density at radius 1 is 1.11 bits per heavy atom. The van der Waals surface area contributed by atoms with Crippen molar-refractivity contribution in [3.05, 3.63) is 33.8 Å². The van der Waals surface area contributed by atoms with Crippen molar-refractivity contribution in [3.8, 4) is 0 Å². The van der Waals surface area contributed by atoms with Crippen LogP contribution in [0.1, 0.15) is 30.7 Å². The number of hydrogen-bond donors (Lipinski definition) is 0. The van der Waals surface area contributed by atoms with Crippen LogP contribution in [-0.2, 0) is 9.59 Å². The van der Waals surface area contributed by atoms with Gasteiger partial charge in [0.1, 0.15) is 5.92 Å². The van der Waals surface area contributed by atoms with E-state index in [2.05, 4.69) is 0 Å². The lowest BCUT2D eigenvalue weighted by Gasteiger charge is -2.27. The number of carbonyl (C=O) groups excluding carboxylic acids is 2. The molecule has 0 radical (unpaired) electrons. The Labute approximate surface area is 121 Å². The Bertz CT molecular complexity index is 514. The van der Waals surface area contributed by atoms with Crippen molar-refractivity contribution in [2.24, 2.45) is 0 Å². The minimum atomic E-state index is -0.815. The van der Waals surface area contributed by atoms with Gasteiger partial charge in [0.05, 0.1) is 6.04 Å². The first-order valence-electron chi connectivity index (χ1n) is 6.39. The smallest absolute Gasteiger partial charge is 0.238 e. The van der Waals surface area contributed by atoms with Gasteiger partial charge in [0, 0.05) is 22.2 Å². The summed E-state index contributed by atoms with van der Waals surface area (Å²) in [4.78, 5) is 26.6. The van der Waals surface area contributed by atoms with E-state index in [1.807, 2.05) is 0 Å². The van der Waals surface area contributed by atoms with Crippen LogP contribution in [0.15, 0.2) is 18.2 Å². The molecule has 1 amide bonds. The zero-order valence-electron chi connectivity index (χ0n) is 10.2. The van der Waals surface area contributed by atoms with Crippen molar-refractivity contribution in [1.82, 2.24) is 4.90 Å². The molecule has 2 aliphatic heterocycles. The molecule has 2 atom stereocenters. The number of piperidine rings is 1. The van der Waals surface area contributed by atoms with Crippen LogP contribution in [0.5, 0.6) is 0 Å². The zero-order valence-corrected chi connectivity index (χ0v) is 11.7. The summed E-state index contributed by atoms with van der Waals surface area (Å²) in [5.74, 6) is -1.02. The van der Waals surface area contributed by atoms with Crippen LogP contribution in [0.2, 0.25) is 10.0 Å². The maximum atomic E-state index is 12.5. The fraction of sp³-hybridized carbons (Fsp3) is 0.429. The molecule has 3 rings (SSSR count). The van der Waals surface area contributed by atoms with E-state index in [-0.39, 0.29) is 17.7 Å². The summed E-state index contributed by atoms with van der Waals surface area (Å²) in [6.45, 7) is 0.661. The van der Waals surface area contributed by atoms with Crippen LogP contribution in [0.25, 0.3) is 0 Å². The van der Waals surface area contributed by atoms with Crippen LogP contribution in [0, 0.1) is 0 Å². The number of ketones is 1. The molecule has 3 nitrogen and oxygen atoms in total. The number of hydrogen-bond acceptors (Lipinski definition) is 2. The molecule has 2 heterocycles. The third-order valence-electron chi connectivity index (χ3n) is 3.93. The van der Waals surface area contributed by atoms with Gasteiger partial charge in [-0.1, -0.05) is 29.3 Å². The lowest BCUT2D eigenvalue weighted by Crippen LogP contribution is -2.39. The third-order valence-corrected chi connectivity index (χ3v) is 4.59. The summed E-state index contributed by atoms with van der Waals surface area (Å²) in [6.07, 6.45) is 2.70. The highest BCUT2D eigenvalue weighted by Gasteiger charge is 2.49. The van der Waals surface area contributed by atoms with Gasteiger partial charge in [-0.2, -0.15) is 0 Å². The van der Waals surface area contributed by atoms with Gasteiger partial charge in [0.2, 0.25) is 5.91 Å². The molecule has 5 heteroatoms. The molecule has 100 valence electrons. The van der Waals surface area contributed by atoms with Gasteiger partial charge in [-0.3, -0.25) is 9.59 Å². The lowest BCUT2D eigenvalue weighted by atomic mass is 9.92. The molecule has 0 N–H and O–H groups in total. The van der Waals surface area contributed by atoms with Crippen molar-refractivity contribution in [2.45, 2.75) is 31.2 Å². The van der Waals surface area contributed by atoms with E-state index in [9.17, 15) is 9.59 Å². The normalized spacial score (nSPS) is 26.7. The second kappa shape index (κ2) is 4.80. The number of carbonyl (C=O) groups is 2. The maximum absolute atomic E-state index is 12.5. The average Bonchev–Trinajstić information content (AvgIpc) is 2.64. The third kappa shape index (κ3) is 1.96. The number of rotatable bonds is 1. The number of fused-ring (bicyclic) bond motifs is 1. The van der Waals surface area contributed by atoms with Crippen LogP contribution >= 0.6 is 23.2 Å². The molecule has 0 bridgehead atoms. The molecule has 0 aliphatic carbocycles. The van der Waals surface area contributed by atoms with Crippen LogP contribution in [0.4, 0.5) is 0 Å². The van der Waals surface area contributed by atoms with Gasteiger partial charge in [0.15, 0.2) is 5.78 Å². The van der Waals surface area contributed by atoms with Gasteiger partial charge >= 0.3 is 0 Å². The van der Waals surface area contributed by atoms with Crippen LogP contribution in [0.3, 0.4) is 0 Å². The fourth-order valence-corrected chi connectivity index (χ4v) is 3.64. The molecule has 0 aromatic heterocycles. The molecule has 1 aromatic carbocycles. The van der Waals surface area contributed by atoms with Crippen molar-refractivity contribution in [1.29, 1.82) is 0 Å². The van der Waals surface area contributed by atoms with Gasteiger partial charge in [0.25, 0.3) is 0 Å². The summed E-state index contributed by atoms with van der Waals surface area (Å²) in [5, 5.41) is 0.776. The Morgan fingerprint density at radius 3 is 2.42 bits per heavy atom. The summed E-state index contributed by atoms with van der Waals surface area (Å²) in [5.41, 5.74) is 0.468. The maximum Gasteiger partial charge on any atom is 0.238 e. The monoisotopic (exact) mass is 297 g/mol. The van der Waals surface area contributed by atoms with E-state index >= 15 is 0 Å². The zero-order chi connectivity index (χ0) is 13.6. The molecule has 1 aromatic rings. The van der Waals surface area contributed by atoms with E-state index in [0.29, 0.717) is 22.2 Å². The van der Waals surface area contributed by atoms with Crippen LogP contribution in [-0.4, -0.2) is 29.2 Å². The Balaban J connectivity index is 2.06. The summed E-state index contributed by atoms with van der Waals surface area (Å²) < 4.78 is 0. The Hall–Kier alpha value is -1.06. The first-order valence-corrected chi connectivity index (χ1v) is 7.15. The SMILES string of the molecule is O=C1C(c2c(Cl)cccc2Cl)C(=O)N2CCCCC12. The minimum absolute atomic E-state index is 0.0558. The summed E-state index contributed by atoms with van der Waals surface area (Å²) in [7, 11) is 0. The topological polar surface area (TPSA) is 37.4 Å². The predicted octanol–water partition coefficient (Wildman–Crippen LogP) is 3.04.